The third kappa shape index (κ3) is 5.74. The maximum Gasteiger partial charge on any atom is 0.251 e. The van der Waals surface area contributed by atoms with Gasteiger partial charge in [-0.15, -0.1) is 0 Å². The molecule has 2 amide bonds. The van der Waals surface area contributed by atoms with E-state index in [2.05, 4.69) is 10.6 Å². The van der Waals surface area contributed by atoms with Gasteiger partial charge in [0, 0.05) is 24.7 Å². The summed E-state index contributed by atoms with van der Waals surface area (Å²) in [6.45, 7) is 0.555. The van der Waals surface area contributed by atoms with Crippen LogP contribution in [0.4, 0.5) is 4.39 Å². The molecule has 2 aromatic rings. The molecule has 0 aliphatic carbocycles. The molecule has 0 aliphatic rings. The second-order valence-corrected chi connectivity index (χ2v) is 4.80. The summed E-state index contributed by atoms with van der Waals surface area (Å²) in [5.74, 6) is -1.08. The van der Waals surface area contributed by atoms with Crippen LogP contribution in [-0.2, 0) is 4.79 Å². The van der Waals surface area contributed by atoms with E-state index in [1.165, 1.54) is 24.3 Å². The highest BCUT2D eigenvalue weighted by molar-refractivity contribution is 5.94. The zero-order valence-corrected chi connectivity index (χ0v) is 12.5. The van der Waals surface area contributed by atoms with Gasteiger partial charge < -0.3 is 10.6 Å². The number of carbonyl (C=O) groups is 2. The molecule has 23 heavy (non-hydrogen) atoms. The Balaban J connectivity index is 1.70. The van der Waals surface area contributed by atoms with Gasteiger partial charge in [-0.1, -0.05) is 36.4 Å². The summed E-state index contributed by atoms with van der Waals surface area (Å²) in [5.41, 5.74) is 1.18. The summed E-state index contributed by atoms with van der Waals surface area (Å²) in [5, 5.41) is 5.27. The van der Waals surface area contributed by atoms with Gasteiger partial charge in [0.25, 0.3) is 5.91 Å². The van der Waals surface area contributed by atoms with Gasteiger partial charge in [0.1, 0.15) is 5.82 Å². The molecule has 0 spiro atoms. The molecule has 2 N–H and O–H groups in total. The molecule has 4 nitrogen and oxygen atoms in total. The molecular weight excluding hydrogens is 295 g/mol. The van der Waals surface area contributed by atoms with E-state index in [4.69, 9.17) is 0 Å². The Morgan fingerprint density at radius 3 is 2.43 bits per heavy atom. The second-order valence-electron chi connectivity index (χ2n) is 4.80. The zero-order valence-electron chi connectivity index (χ0n) is 12.5. The normalized spacial score (nSPS) is 10.5. The van der Waals surface area contributed by atoms with Gasteiger partial charge in [0.05, 0.1) is 0 Å². The molecule has 0 fully saturated rings. The van der Waals surface area contributed by atoms with E-state index in [0.717, 1.165) is 11.6 Å². The van der Waals surface area contributed by atoms with Gasteiger partial charge in [-0.2, -0.15) is 0 Å². The maximum absolute atomic E-state index is 13.0. The Morgan fingerprint density at radius 1 is 0.957 bits per heavy atom. The van der Waals surface area contributed by atoms with E-state index in [9.17, 15) is 14.0 Å². The Morgan fingerprint density at radius 2 is 1.70 bits per heavy atom. The van der Waals surface area contributed by atoms with Gasteiger partial charge in [0.2, 0.25) is 5.91 Å². The lowest BCUT2D eigenvalue weighted by Gasteiger charge is -2.06. The summed E-state index contributed by atoms with van der Waals surface area (Å²) in [6.07, 6.45) is 3.14. The minimum atomic E-state index is -0.461. The maximum atomic E-state index is 13.0. The van der Waals surface area contributed by atoms with Crippen molar-refractivity contribution in [1.82, 2.24) is 10.6 Å². The van der Waals surface area contributed by atoms with Crippen LogP contribution in [0.15, 0.2) is 60.7 Å². The van der Waals surface area contributed by atoms with Gasteiger partial charge >= 0.3 is 0 Å². The van der Waals surface area contributed by atoms with Crippen LogP contribution < -0.4 is 10.6 Å². The third-order valence-corrected chi connectivity index (χ3v) is 3.02. The number of hydrogen-bond donors (Lipinski definition) is 2. The van der Waals surface area contributed by atoms with Crippen molar-refractivity contribution in [3.63, 3.8) is 0 Å². The highest BCUT2D eigenvalue weighted by Gasteiger charge is 2.05. The molecule has 0 aromatic heterocycles. The number of amides is 2. The largest absolute Gasteiger partial charge is 0.351 e. The van der Waals surface area contributed by atoms with E-state index in [-0.39, 0.29) is 23.9 Å². The number of hydrogen-bond acceptors (Lipinski definition) is 2. The van der Waals surface area contributed by atoms with Crippen molar-refractivity contribution in [2.45, 2.75) is 0 Å². The molecule has 0 saturated heterocycles. The molecule has 5 heteroatoms. The lowest BCUT2D eigenvalue weighted by molar-refractivity contribution is -0.116. The summed E-state index contributed by atoms with van der Waals surface area (Å²) in [6, 6.07) is 14.9. The van der Waals surface area contributed by atoms with Gasteiger partial charge in [-0.05, 0) is 29.8 Å². The number of rotatable bonds is 6. The highest BCUT2D eigenvalue weighted by Crippen LogP contribution is 2.03. The first-order valence-electron chi connectivity index (χ1n) is 7.20. The summed E-state index contributed by atoms with van der Waals surface area (Å²) < 4.78 is 13.0. The minimum absolute atomic E-state index is 0.242. The van der Waals surface area contributed by atoms with E-state index in [1.807, 2.05) is 30.3 Å². The van der Waals surface area contributed by atoms with Crippen LogP contribution in [0.1, 0.15) is 15.9 Å². The SMILES string of the molecule is O=C(/C=C/c1ccccc1)NCCNC(=O)c1cccc(F)c1. The van der Waals surface area contributed by atoms with Crippen LogP contribution in [0.5, 0.6) is 0 Å². The van der Waals surface area contributed by atoms with Crippen molar-refractivity contribution in [3.8, 4) is 0 Å². The first kappa shape index (κ1) is 16.4. The van der Waals surface area contributed by atoms with E-state index in [1.54, 1.807) is 6.08 Å². The monoisotopic (exact) mass is 312 g/mol. The van der Waals surface area contributed by atoms with Gasteiger partial charge in [-0.25, -0.2) is 4.39 Å². The molecule has 0 aliphatic heterocycles. The molecule has 0 saturated carbocycles. The van der Waals surface area contributed by atoms with Crippen molar-refractivity contribution in [3.05, 3.63) is 77.6 Å². The molecule has 118 valence electrons. The molecule has 0 radical (unpaired) electrons. The topological polar surface area (TPSA) is 58.2 Å². The number of carbonyl (C=O) groups excluding carboxylic acids is 2. The molecule has 2 rings (SSSR count). The van der Waals surface area contributed by atoms with Crippen LogP contribution in [-0.4, -0.2) is 24.9 Å². The molecule has 0 atom stereocenters. The van der Waals surface area contributed by atoms with Crippen LogP contribution in [0.2, 0.25) is 0 Å². The first-order chi connectivity index (χ1) is 11.1. The Kier molecular flexibility index (Phi) is 6.06. The van der Waals surface area contributed by atoms with Crippen molar-refractivity contribution in [2.75, 3.05) is 13.1 Å². The van der Waals surface area contributed by atoms with Crippen LogP contribution in [0, 0.1) is 5.82 Å². The van der Waals surface area contributed by atoms with E-state index in [0.29, 0.717) is 6.54 Å². The summed E-state index contributed by atoms with van der Waals surface area (Å²) in [7, 11) is 0. The Labute approximate surface area is 134 Å². The minimum Gasteiger partial charge on any atom is -0.351 e. The highest BCUT2D eigenvalue weighted by atomic mass is 19.1. The van der Waals surface area contributed by atoms with E-state index < -0.39 is 5.82 Å². The lowest BCUT2D eigenvalue weighted by atomic mass is 10.2. The predicted octanol–water partition coefficient (Wildman–Crippen LogP) is 2.39. The first-order valence-corrected chi connectivity index (χ1v) is 7.20. The van der Waals surface area contributed by atoms with Crippen molar-refractivity contribution < 1.29 is 14.0 Å². The van der Waals surface area contributed by atoms with Crippen LogP contribution >= 0.6 is 0 Å². The number of nitrogens with one attached hydrogen (secondary N) is 2. The number of halogens is 1. The van der Waals surface area contributed by atoms with Crippen molar-refractivity contribution >= 4 is 17.9 Å². The zero-order chi connectivity index (χ0) is 16.5. The van der Waals surface area contributed by atoms with Crippen LogP contribution in [0.3, 0.4) is 0 Å². The molecule has 2 aromatic carbocycles. The smallest absolute Gasteiger partial charge is 0.251 e. The standard InChI is InChI=1S/C18H17FN2O2/c19-16-8-4-7-15(13-16)18(23)21-12-11-20-17(22)10-9-14-5-2-1-3-6-14/h1-10,13H,11-12H2,(H,20,22)(H,21,23)/b10-9+. The van der Waals surface area contributed by atoms with Crippen LogP contribution in [0.25, 0.3) is 6.08 Å². The fourth-order valence-corrected chi connectivity index (χ4v) is 1.89. The average Bonchev–Trinajstić information content (AvgIpc) is 2.57. The predicted molar refractivity (Wildman–Crippen MR) is 87.2 cm³/mol. The van der Waals surface area contributed by atoms with E-state index >= 15 is 0 Å². The Hall–Kier alpha value is -2.95. The molecule has 0 bridgehead atoms. The van der Waals surface area contributed by atoms with Gasteiger partial charge in [0.15, 0.2) is 0 Å². The average molecular weight is 312 g/mol. The Bertz CT molecular complexity index is 699. The fraction of sp³-hybridized carbons (Fsp3) is 0.111. The fourth-order valence-electron chi connectivity index (χ4n) is 1.89. The van der Waals surface area contributed by atoms with Crippen molar-refractivity contribution in [1.29, 1.82) is 0 Å². The third-order valence-electron chi connectivity index (χ3n) is 3.02. The quantitative estimate of drug-likeness (QED) is 0.635. The summed E-state index contributed by atoms with van der Waals surface area (Å²) in [4.78, 5) is 23.4. The number of benzene rings is 2. The molecule has 0 unspecified atom stereocenters. The second kappa shape index (κ2) is 8.48. The summed E-state index contributed by atoms with van der Waals surface area (Å²) >= 11 is 0. The molecular formula is C18H17FN2O2. The van der Waals surface area contributed by atoms with Gasteiger partial charge in [-0.3, -0.25) is 9.59 Å². The molecule has 0 heterocycles. The van der Waals surface area contributed by atoms with Crippen molar-refractivity contribution in [2.24, 2.45) is 0 Å². The lowest BCUT2D eigenvalue weighted by Crippen LogP contribution is -2.34.